The molecule has 0 aromatic heterocycles. The van der Waals surface area contributed by atoms with E-state index in [0.717, 1.165) is 18.9 Å². The fourth-order valence-electron chi connectivity index (χ4n) is 1.90. The monoisotopic (exact) mass is 323 g/mol. The van der Waals surface area contributed by atoms with Gasteiger partial charge in [0.25, 0.3) is 5.69 Å². The zero-order valence-electron chi connectivity index (χ0n) is 13.7. The van der Waals surface area contributed by atoms with Crippen LogP contribution in [0.5, 0.6) is 0 Å². The van der Waals surface area contributed by atoms with Crippen LogP contribution in [-0.2, 0) is 4.74 Å². The Balaban J connectivity index is 2.40. The number of benzene rings is 1. The third-order valence-electron chi connectivity index (χ3n) is 2.95. The number of hydrogen-bond donors (Lipinski definition) is 3. The van der Waals surface area contributed by atoms with Gasteiger partial charge in [-0.2, -0.15) is 0 Å². The third-order valence-corrected chi connectivity index (χ3v) is 2.95. The van der Waals surface area contributed by atoms with Crippen molar-refractivity contribution in [3.8, 4) is 0 Å². The number of anilines is 1. The summed E-state index contributed by atoms with van der Waals surface area (Å²) in [6, 6.07) is 6.60. The second kappa shape index (κ2) is 11.2. The molecule has 128 valence electrons. The highest BCUT2D eigenvalue weighted by Gasteiger charge is 2.11. The summed E-state index contributed by atoms with van der Waals surface area (Å²) in [7, 11) is 1.67. The van der Waals surface area contributed by atoms with E-state index in [4.69, 9.17) is 4.74 Å². The second-order valence-electron chi connectivity index (χ2n) is 4.73. The largest absolute Gasteiger partial charge is 0.385 e. The first-order valence-corrected chi connectivity index (χ1v) is 7.67. The molecule has 0 bridgehead atoms. The number of rotatable bonds is 10. The summed E-state index contributed by atoms with van der Waals surface area (Å²) < 4.78 is 4.99. The van der Waals surface area contributed by atoms with E-state index in [0.29, 0.717) is 31.9 Å². The number of nitrogens with one attached hydrogen (secondary N) is 3. The highest BCUT2D eigenvalue weighted by Crippen LogP contribution is 2.22. The van der Waals surface area contributed by atoms with Crippen LogP contribution >= 0.6 is 0 Å². The zero-order valence-corrected chi connectivity index (χ0v) is 13.7. The second-order valence-corrected chi connectivity index (χ2v) is 4.73. The Labute approximate surface area is 136 Å². The van der Waals surface area contributed by atoms with Crippen molar-refractivity contribution < 1.29 is 9.66 Å². The van der Waals surface area contributed by atoms with Crippen LogP contribution in [0.4, 0.5) is 11.4 Å². The molecule has 0 aliphatic rings. The number of guanidine groups is 1. The molecule has 0 fully saturated rings. The molecule has 3 N–H and O–H groups in total. The average molecular weight is 323 g/mol. The summed E-state index contributed by atoms with van der Waals surface area (Å²) in [4.78, 5) is 15.0. The van der Waals surface area contributed by atoms with Gasteiger partial charge in [0.05, 0.1) is 4.92 Å². The lowest BCUT2D eigenvalue weighted by Crippen LogP contribution is -2.39. The van der Waals surface area contributed by atoms with E-state index in [1.807, 2.05) is 6.92 Å². The van der Waals surface area contributed by atoms with E-state index in [-0.39, 0.29) is 5.69 Å². The van der Waals surface area contributed by atoms with Crippen molar-refractivity contribution >= 4 is 17.3 Å². The van der Waals surface area contributed by atoms with Gasteiger partial charge in [-0.25, -0.2) is 0 Å². The van der Waals surface area contributed by atoms with Crippen molar-refractivity contribution in [2.75, 3.05) is 45.2 Å². The van der Waals surface area contributed by atoms with Gasteiger partial charge in [0.2, 0.25) is 0 Å². The summed E-state index contributed by atoms with van der Waals surface area (Å²) in [5, 5.41) is 20.3. The molecule has 0 atom stereocenters. The molecule has 8 heteroatoms. The molecular weight excluding hydrogens is 298 g/mol. The van der Waals surface area contributed by atoms with E-state index in [9.17, 15) is 10.1 Å². The number of nitro benzene ring substituents is 1. The molecule has 0 aliphatic carbocycles. The van der Waals surface area contributed by atoms with E-state index in [1.54, 1.807) is 25.3 Å². The SMILES string of the molecule is CCNC(=NCCCOC)NCCNc1ccccc1[N+](=O)[O-]. The molecule has 0 amide bonds. The van der Waals surface area contributed by atoms with E-state index in [1.165, 1.54) is 6.07 Å². The topological polar surface area (TPSA) is 101 Å². The van der Waals surface area contributed by atoms with Crippen LogP contribution in [0.1, 0.15) is 13.3 Å². The van der Waals surface area contributed by atoms with Crippen LogP contribution in [-0.4, -0.2) is 50.8 Å². The lowest BCUT2D eigenvalue weighted by atomic mass is 10.2. The number of nitrogens with zero attached hydrogens (tertiary/aromatic N) is 2. The molecule has 0 saturated carbocycles. The zero-order chi connectivity index (χ0) is 16.9. The van der Waals surface area contributed by atoms with Gasteiger partial charge in [0, 0.05) is 46.0 Å². The van der Waals surface area contributed by atoms with Crippen LogP contribution in [0.15, 0.2) is 29.3 Å². The van der Waals surface area contributed by atoms with Crippen LogP contribution in [0.2, 0.25) is 0 Å². The van der Waals surface area contributed by atoms with Crippen LogP contribution in [0.25, 0.3) is 0 Å². The van der Waals surface area contributed by atoms with Crippen molar-refractivity contribution in [2.24, 2.45) is 4.99 Å². The first-order valence-electron chi connectivity index (χ1n) is 7.67. The van der Waals surface area contributed by atoms with Gasteiger partial charge >= 0.3 is 0 Å². The Morgan fingerprint density at radius 2 is 2.09 bits per heavy atom. The van der Waals surface area contributed by atoms with Gasteiger partial charge in [-0.05, 0) is 19.4 Å². The summed E-state index contributed by atoms with van der Waals surface area (Å²) >= 11 is 0. The van der Waals surface area contributed by atoms with Crippen LogP contribution < -0.4 is 16.0 Å². The minimum absolute atomic E-state index is 0.0765. The van der Waals surface area contributed by atoms with Gasteiger partial charge < -0.3 is 20.7 Å². The molecule has 1 rings (SSSR count). The van der Waals surface area contributed by atoms with Crippen molar-refractivity contribution in [2.45, 2.75) is 13.3 Å². The molecule has 0 aliphatic heterocycles. The maximum absolute atomic E-state index is 10.9. The van der Waals surface area contributed by atoms with Crippen molar-refractivity contribution in [1.29, 1.82) is 0 Å². The molecule has 0 spiro atoms. The highest BCUT2D eigenvalue weighted by molar-refractivity contribution is 5.79. The lowest BCUT2D eigenvalue weighted by molar-refractivity contribution is -0.384. The van der Waals surface area contributed by atoms with Gasteiger partial charge in [-0.3, -0.25) is 15.1 Å². The number of hydrogen-bond acceptors (Lipinski definition) is 5. The lowest BCUT2D eigenvalue weighted by Gasteiger charge is -2.12. The number of nitro groups is 1. The standard InChI is InChI=1S/C15H25N5O3/c1-3-16-15(18-9-6-12-23-2)19-11-10-17-13-7-4-5-8-14(13)20(21)22/h4-5,7-8,17H,3,6,9-12H2,1-2H3,(H2,16,18,19). The molecule has 0 unspecified atom stereocenters. The Kier molecular flexibility index (Phi) is 9.14. The van der Waals surface area contributed by atoms with E-state index < -0.39 is 4.92 Å². The molecule has 0 radical (unpaired) electrons. The van der Waals surface area contributed by atoms with Crippen molar-refractivity contribution in [1.82, 2.24) is 10.6 Å². The highest BCUT2D eigenvalue weighted by atomic mass is 16.6. The first kappa shape index (κ1) is 18.7. The predicted octanol–water partition coefficient (Wildman–Crippen LogP) is 1.60. The Morgan fingerprint density at radius 1 is 1.30 bits per heavy atom. The molecule has 8 nitrogen and oxygen atoms in total. The fraction of sp³-hybridized carbons (Fsp3) is 0.533. The minimum Gasteiger partial charge on any atom is -0.385 e. The molecule has 1 aromatic rings. The maximum atomic E-state index is 10.9. The Bertz CT molecular complexity index is 508. The van der Waals surface area contributed by atoms with Crippen LogP contribution in [0.3, 0.4) is 0 Å². The number of ether oxygens (including phenoxy) is 1. The number of aliphatic imine (C=N–C) groups is 1. The summed E-state index contributed by atoms with van der Waals surface area (Å²) in [6.45, 7) is 5.28. The normalized spacial score (nSPS) is 11.1. The maximum Gasteiger partial charge on any atom is 0.292 e. The van der Waals surface area contributed by atoms with Gasteiger partial charge in [-0.15, -0.1) is 0 Å². The first-order chi connectivity index (χ1) is 11.2. The predicted molar refractivity (Wildman–Crippen MR) is 92.1 cm³/mol. The van der Waals surface area contributed by atoms with Crippen molar-refractivity contribution in [3.05, 3.63) is 34.4 Å². The Morgan fingerprint density at radius 3 is 2.78 bits per heavy atom. The molecule has 1 aromatic carbocycles. The van der Waals surface area contributed by atoms with Crippen LogP contribution in [0, 0.1) is 10.1 Å². The summed E-state index contributed by atoms with van der Waals surface area (Å²) in [5.41, 5.74) is 0.592. The fourth-order valence-corrected chi connectivity index (χ4v) is 1.90. The molecule has 23 heavy (non-hydrogen) atoms. The smallest absolute Gasteiger partial charge is 0.292 e. The average Bonchev–Trinajstić information content (AvgIpc) is 2.55. The van der Waals surface area contributed by atoms with Gasteiger partial charge in [0.1, 0.15) is 5.69 Å². The van der Waals surface area contributed by atoms with E-state index in [2.05, 4.69) is 20.9 Å². The Hall–Kier alpha value is -2.35. The number of methoxy groups -OCH3 is 1. The van der Waals surface area contributed by atoms with Gasteiger partial charge in [-0.1, -0.05) is 12.1 Å². The molecule has 0 heterocycles. The molecule has 0 saturated heterocycles. The number of para-hydroxylation sites is 2. The van der Waals surface area contributed by atoms with Crippen molar-refractivity contribution in [3.63, 3.8) is 0 Å². The quantitative estimate of drug-likeness (QED) is 0.199. The molecular formula is C15H25N5O3. The summed E-state index contributed by atoms with van der Waals surface area (Å²) in [6.07, 6.45) is 0.863. The minimum atomic E-state index is -0.392. The van der Waals surface area contributed by atoms with Gasteiger partial charge in [0.15, 0.2) is 5.96 Å². The van der Waals surface area contributed by atoms with E-state index >= 15 is 0 Å². The summed E-state index contributed by atoms with van der Waals surface area (Å²) in [5.74, 6) is 0.730. The third kappa shape index (κ3) is 7.46.